The third-order valence-corrected chi connectivity index (χ3v) is 3.19. The summed E-state index contributed by atoms with van der Waals surface area (Å²) in [6.45, 7) is 0. The van der Waals surface area contributed by atoms with Crippen molar-refractivity contribution in [1.29, 1.82) is 0 Å². The fourth-order valence-corrected chi connectivity index (χ4v) is 2.25. The van der Waals surface area contributed by atoms with Crippen molar-refractivity contribution in [3.05, 3.63) is 23.6 Å². The van der Waals surface area contributed by atoms with Gasteiger partial charge in [-0.25, -0.2) is 4.39 Å². The maximum Gasteiger partial charge on any atom is 0.405 e. The number of rotatable bonds is 1. The fourth-order valence-electron chi connectivity index (χ4n) is 2.25. The van der Waals surface area contributed by atoms with Gasteiger partial charge < -0.3 is 10.6 Å². The highest BCUT2D eigenvalue weighted by atomic mass is 19.4. The predicted molar refractivity (Wildman–Crippen MR) is 50.7 cm³/mol. The number of aliphatic hydroxyl groups excluding tert-OH is 1. The van der Waals surface area contributed by atoms with Crippen LogP contribution in [0.4, 0.5) is 26.5 Å². The topological polar surface area (TPSA) is 50.2 Å². The average molecular weight is 291 g/mol. The highest BCUT2D eigenvalue weighted by Crippen LogP contribution is 2.55. The van der Waals surface area contributed by atoms with Crippen molar-refractivity contribution in [1.82, 2.24) is 0 Å². The summed E-state index contributed by atoms with van der Waals surface area (Å²) in [5.74, 6) is -11.4. The van der Waals surface area contributed by atoms with Crippen LogP contribution >= 0.6 is 0 Å². The van der Waals surface area contributed by atoms with Crippen LogP contribution in [0.5, 0.6) is 0 Å². The molecule has 0 saturated heterocycles. The first kappa shape index (κ1) is 15.8. The maximum atomic E-state index is 14.3. The zero-order valence-corrected chi connectivity index (χ0v) is 9.46. The van der Waals surface area contributed by atoms with Crippen LogP contribution in [0.25, 0.3) is 0 Å². The summed E-state index contributed by atoms with van der Waals surface area (Å²) >= 11 is 0. The van der Waals surface area contributed by atoms with E-state index in [1.165, 1.54) is 0 Å². The molecule has 2 N–H and O–H groups in total. The third-order valence-electron chi connectivity index (χ3n) is 3.19. The number of aliphatic hydroxyl groups is 1. The van der Waals surface area contributed by atoms with Gasteiger partial charge in [0.05, 0.1) is 8.96 Å². The Hall–Kier alpha value is -1.22. The number of nitrogens with zero attached hydrogens (tertiary/aromatic N) is 1. The number of hydrogen-bond donors (Lipinski definition) is 1. The van der Waals surface area contributed by atoms with Crippen LogP contribution in [0.3, 0.4) is 0 Å². The summed E-state index contributed by atoms with van der Waals surface area (Å²) in [6, 6.07) is 0. The zero-order valence-electron chi connectivity index (χ0n) is 9.46. The smallest absolute Gasteiger partial charge is 0.405 e. The highest BCUT2D eigenvalue weighted by molar-refractivity contribution is 5.26. The van der Waals surface area contributed by atoms with E-state index in [1.807, 2.05) is 0 Å². The van der Waals surface area contributed by atoms with Crippen LogP contribution in [-0.4, -0.2) is 33.4 Å². The monoisotopic (exact) mass is 291 g/mol. The molecule has 0 bridgehead atoms. The number of alkyl halides is 4. The SMILES string of the molecule is OC1=C[N+](F)(F)C(F)(C2=CCCC2)C(F)(F)C1F.[OH-]. The summed E-state index contributed by atoms with van der Waals surface area (Å²) in [6.07, 6.45) is -2.93. The molecule has 9 heteroatoms. The zero-order chi connectivity index (χ0) is 13.8. The standard InChI is InChI=1S/C10H9F6NO.H2O/c11-8-7(18)5-17(15,16)10(14,9(8,12)13)6-3-1-2-4-6;/h3,5,8H,1-2,4H2;1H2. The van der Waals surface area contributed by atoms with Gasteiger partial charge in [-0.05, 0) is 19.3 Å². The second-order valence-electron chi connectivity index (χ2n) is 4.34. The van der Waals surface area contributed by atoms with Gasteiger partial charge in [-0.3, -0.25) is 0 Å². The minimum atomic E-state index is -5.04. The third kappa shape index (κ3) is 1.83. The normalized spacial score (nSPS) is 36.2. The summed E-state index contributed by atoms with van der Waals surface area (Å²) in [5, 5.41) is 8.75. The van der Waals surface area contributed by atoms with Crippen LogP contribution in [0.2, 0.25) is 0 Å². The van der Waals surface area contributed by atoms with Crippen molar-refractivity contribution in [3.8, 4) is 0 Å². The van der Waals surface area contributed by atoms with E-state index in [4.69, 9.17) is 5.11 Å². The molecule has 0 saturated carbocycles. The fraction of sp³-hybridized carbons (Fsp3) is 0.600. The van der Waals surface area contributed by atoms with E-state index in [2.05, 4.69) is 0 Å². The van der Waals surface area contributed by atoms with Crippen molar-refractivity contribution in [2.24, 2.45) is 0 Å². The van der Waals surface area contributed by atoms with Crippen molar-refractivity contribution >= 4 is 0 Å². The molecule has 0 aromatic carbocycles. The molecule has 19 heavy (non-hydrogen) atoms. The molecule has 1 heterocycles. The lowest BCUT2D eigenvalue weighted by molar-refractivity contribution is -1.18. The maximum absolute atomic E-state index is 14.3. The molecular formula is C10H11F6NO2. The van der Waals surface area contributed by atoms with Gasteiger partial charge in [0.2, 0.25) is 12.4 Å². The summed E-state index contributed by atoms with van der Waals surface area (Å²) < 4.78 is 81.5. The molecule has 3 nitrogen and oxygen atoms in total. The lowest BCUT2D eigenvalue weighted by atomic mass is 9.90. The van der Waals surface area contributed by atoms with E-state index in [0.29, 0.717) is 0 Å². The van der Waals surface area contributed by atoms with E-state index in [1.54, 1.807) is 0 Å². The molecule has 110 valence electrons. The lowest BCUT2D eigenvalue weighted by Gasteiger charge is -2.38. The summed E-state index contributed by atoms with van der Waals surface area (Å²) in [7, 11) is 0. The molecule has 1 aliphatic heterocycles. The van der Waals surface area contributed by atoms with E-state index in [-0.39, 0.29) is 24.7 Å². The summed E-state index contributed by atoms with van der Waals surface area (Å²) in [5.41, 5.74) is -0.830. The summed E-state index contributed by atoms with van der Waals surface area (Å²) in [4.78, 5) is -3.92. The Balaban J connectivity index is 0.00000180. The number of allylic oxidation sites excluding steroid dienone is 2. The number of quaternary nitrogens is 1. The van der Waals surface area contributed by atoms with Crippen LogP contribution < -0.4 is 0 Å². The van der Waals surface area contributed by atoms with Crippen LogP contribution in [0, 0.1) is 0 Å². The van der Waals surface area contributed by atoms with Gasteiger partial charge >= 0.3 is 11.7 Å². The Morgan fingerprint density at radius 3 is 2.32 bits per heavy atom. The van der Waals surface area contributed by atoms with E-state index in [9.17, 15) is 26.5 Å². The van der Waals surface area contributed by atoms with Gasteiger partial charge in [-0.1, -0.05) is 6.08 Å². The van der Waals surface area contributed by atoms with Crippen LogP contribution in [-0.2, 0) is 0 Å². The second-order valence-corrected chi connectivity index (χ2v) is 4.34. The van der Waals surface area contributed by atoms with Crippen molar-refractivity contribution in [2.75, 3.05) is 0 Å². The van der Waals surface area contributed by atoms with Crippen molar-refractivity contribution in [2.45, 2.75) is 37.1 Å². The van der Waals surface area contributed by atoms with E-state index in [0.717, 1.165) is 6.08 Å². The molecule has 0 spiro atoms. The number of halogens is 6. The quantitative estimate of drug-likeness (QED) is 0.347. The molecule has 1 aliphatic carbocycles. The molecule has 0 fully saturated rings. The Labute approximate surface area is 104 Å². The lowest BCUT2D eigenvalue weighted by Crippen LogP contribution is -2.66. The molecule has 0 aromatic heterocycles. The Kier molecular flexibility index (Phi) is 3.68. The first-order valence-corrected chi connectivity index (χ1v) is 5.25. The van der Waals surface area contributed by atoms with Gasteiger partial charge in [-0.2, -0.15) is 13.2 Å². The first-order valence-electron chi connectivity index (χ1n) is 5.25. The molecule has 2 atom stereocenters. The minimum absolute atomic E-state index is 0. The van der Waals surface area contributed by atoms with Crippen molar-refractivity contribution < 1.29 is 42.0 Å². The predicted octanol–water partition coefficient (Wildman–Crippen LogP) is 3.56. The van der Waals surface area contributed by atoms with Gasteiger partial charge in [0, 0.05) is 5.57 Å². The van der Waals surface area contributed by atoms with E-state index < -0.39 is 40.3 Å². The molecule has 0 radical (unpaired) electrons. The van der Waals surface area contributed by atoms with Crippen LogP contribution in [0.1, 0.15) is 19.3 Å². The minimum Gasteiger partial charge on any atom is -0.870 e. The van der Waals surface area contributed by atoms with Gasteiger partial charge in [0.15, 0.2) is 5.76 Å². The van der Waals surface area contributed by atoms with Crippen LogP contribution in [0.15, 0.2) is 23.6 Å². The van der Waals surface area contributed by atoms with Crippen molar-refractivity contribution in [3.63, 3.8) is 0 Å². The Morgan fingerprint density at radius 2 is 1.84 bits per heavy atom. The molecule has 2 aliphatic rings. The second kappa shape index (κ2) is 4.41. The van der Waals surface area contributed by atoms with Gasteiger partial charge in [0.1, 0.15) is 4.93 Å². The molecule has 0 aromatic rings. The highest BCUT2D eigenvalue weighted by Gasteiger charge is 2.81. The molecule has 0 amide bonds. The average Bonchev–Trinajstić information content (AvgIpc) is 2.77. The van der Waals surface area contributed by atoms with Gasteiger partial charge in [0.25, 0.3) is 0 Å². The molecule has 2 unspecified atom stereocenters. The number of hydrogen-bond acceptors (Lipinski definition) is 2. The van der Waals surface area contributed by atoms with E-state index >= 15 is 0 Å². The largest absolute Gasteiger partial charge is 0.870 e. The Bertz CT molecular complexity index is 436. The molecular weight excluding hydrogens is 280 g/mol. The first-order chi connectivity index (χ1) is 8.14. The molecule has 2 rings (SSSR count). The Morgan fingerprint density at radius 1 is 1.26 bits per heavy atom. The van der Waals surface area contributed by atoms with Gasteiger partial charge in [-0.15, -0.1) is 0 Å².